The summed E-state index contributed by atoms with van der Waals surface area (Å²) < 4.78 is 52.0. The minimum absolute atomic E-state index is 0.0359. The molecule has 1 atom stereocenters. The smallest absolute Gasteiger partial charge is 0.345 e. The molecule has 2 N–H and O–H groups in total. The molecule has 1 aromatic heterocycles. The van der Waals surface area contributed by atoms with Crippen molar-refractivity contribution in [3.63, 3.8) is 0 Å². The number of carbonyl (C=O) groups is 1. The lowest BCUT2D eigenvalue weighted by Gasteiger charge is -2.20. The van der Waals surface area contributed by atoms with Crippen molar-refractivity contribution >= 4 is 16.9 Å². The summed E-state index contributed by atoms with van der Waals surface area (Å²) in [6.07, 6.45) is -4.55. The van der Waals surface area contributed by atoms with Crippen LogP contribution in [0, 0.1) is 5.82 Å². The fraction of sp³-hybridized carbons (Fsp3) is 0.130. The Kier molecular flexibility index (Phi) is 5.46. The number of hydrogen-bond acceptors (Lipinski definition) is 2. The minimum Gasteiger partial charge on any atom is -0.345 e. The van der Waals surface area contributed by atoms with Gasteiger partial charge in [-0.05, 0) is 41.0 Å². The summed E-state index contributed by atoms with van der Waals surface area (Å²) in [4.78, 5) is 18.6. The third-order valence-corrected chi connectivity index (χ3v) is 4.82. The van der Waals surface area contributed by atoms with Crippen molar-refractivity contribution in [3.05, 3.63) is 101 Å². The summed E-state index contributed by atoms with van der Waals surface area (Å²) in [6, 6.07) is 18.8. The van der Waals surface area contributed by atoms with E-state index in [1.165, 1.54) is 30.3 Å². The van der Waals surface area contributed by atoms with Gasteiger partial charge in [0.25, 0.3) is 0 Å². The summed E-state index contributed by atoms with van der Waals surface area (Å²) in [5, 5.41) is 2.93. The van der Waals surface area contributed by atoms with Gasteiger partial charge in [-0.15, -0.1) is 0 Å². The number of fused-ring (bicyclic) bond motifs is 1. The largest absolute Gasteiger partial charge is 0.449 e. The van der Waals surface area contributed by atoms with Crippen molar-refractivity contribution in [2.24, 2.45) is 0 Å². The van der Waals surface area contributed by atoms with E-state index in [0.717, 1.165) is 5.56 Å². The van der Waals surface area contributed by atoms with E-state index in [1.807, 2.05) is 30.3 Å². The van der Waals surface area contributed by atoms with Gasteiger partial charge in [0.2, 0.25) is 11.7 Å². The molecule has 1 heterocycles. The van der Waals surface area contributed by atoms with E-state index in [4.69, 9.17) is 0 Å². The first-order chi connectivity index (χ1) is 14.8. The number of aromatic nitrogens is 2. The van der Waals surface area contributed by atoms with Gasteiger partial charge in [-0.1, -0.05) is 48.5 Å². The Morgan fingerprint density at radius 2 is 1.68 bits per heavy atom. The molecule has 0 aliphatic heterocycles. The van der Waals surface area contributed by atoms with E-state index in [0.29, 0.717) is 11.1 Å². The lowest BCUT2D eigenvalue weighted by Crippen LogP contribution is -2.30. The van der Waals surface area contributed by atoms with E-state index in [-0.39, 0.29) is 23.4 Å². The van der Waals surface area contributed by atoms with E-state index in [9.17, 15) is 22.4 Å². The highest BCUT2D eigenvalue weighted by Gasteiger charge is 2.34. The maximum absolute atomic E-state index is 13.1. The Morgan fingerprint density at radius 3 is 2.35 bits per heavy atom. The second kappa shape index (κ2) is 8.22. The number of H-pyrrole nitrogens is 1. The van der Waals surface area contributed by atoms with Crippen LogP contribution in [-0.4, -0.2) is 15.9 Å². The number of nitrogens with zero attached hydrogens (tertiary/aromatic N) is 1. The molecular weight excluding hydrogens is 410 g/mol. The van der Waals surface area contributed by atoms with E-state index < -0.39 is 23.9 Å². The molecule has 8 heteroatoms. The first-order valence-electron chi connectivity index (χ1n) is 9.45. The Bertz CT molecular complexity index is 1200. The van der Waals surface area contributed by atoms with Gasteiger partial charge in [0, 0.05) is 0 Å². The Labute approximate surface area is 174 Å². The van der Waals surface area contributed by atoms with Crippen LogP contribution < -0.4 is 5.32 Å². The van der Waals surface area contributed by atoms with Gasteiger partial charge in [-0.25, -0.2) is 9.37 Å². The number of amides is 1. The monoisotopic (exact) mass is 427 g/mol. The fourth-order valence-electron chi connectivity index (χ4n) is 3.35. The van der Waals surface area contributed by atoms with Crippen molar-refractivity contribution in [1.29, 1.82) is 0 Å². The molecule has 31 heavy (non-hydrogen) atoms. The zero-order chi connectivity index (χ0) is 22.0. The second-order valence-corrected chi connectivity index (χ2v) is 7.07. The summed E-state index contributed by atoms with van der Waals surface area (Å²) in [5.74, 6) is -1.77. The number of carbonyl (C=O) groups excluding carboxylic acids is 1. The average Bonchev–Trinajstić information content (AvgIpc) is 3.18. The molecule has 0 saturated heterocycles. The molecule has 0 aliphatic rings. The Balaban J connectivity index is 1.65. The van der Waals surface area contributed by atoms with Crippen LogP contribution in [0.5, 0.6) is 0 Å². The van der Waals surface area contributed by atoms with E-state index >= 15 is 0 Å². The molecule has 158 valence electrons. The number of alkyl halides is 3. The molecule has 4 nitrogen and oxygen atoms in total. The van der Waals surface area contributed by atoms with Crippen LogP contribution >= 0.6 is 0 Å². The standard InChI is InChI=1S/C23H17F4N3O/c24-17-9-6-14(7-10-17)12-20(31)30-21(15-4-2-1-3-5-15)16-8-11-18-19(13-16)29-22(28-18)23(25,26)27/h1-11,13,21H,12H2,(H,28,29)(H,30,31)/t21-/m1/s1. The summed E-state index contributed by atoms with van der Waals surface area (Å²) in [6.45, 7) is 0. The number of nitrogens with one attached hydrogen (secondary N) is 2. The lowest BCUT2D eigenvalue weighted by molar-refractivity contribution is -0.144. The van der Waals surface area contributed by atoms with Crippen LogP contribution in [0.2, 0.25) is 0 Å². The maximum atomic E-state index is 13.1. The van der Waals surface area contributed by atoms with Crippen LogP contribution in [0.15, 0.2) is 72.8 Å². The maximum Gasteiger partial charge on any atom is 0.449 e. The predicted octanol–water partition coefficient (Wildman–Crippen LogP) is 5.17. The van der Waals surface area contributed by atoms with Gasteiger partial charge < -0.3 is 10.3 Å². The predicted molar refractivity (Wildman–Crippen MR) is 108 cm³/mol. The summed E-state index contributed by atoms with van der Waals surface area (Å²) >= 11 is 0. The molecule has 0 saturated carbocycles. The van der Waals surface area contributed by atoms with Crippen LogP contribution in [0.25, 0.3) is 11.0 Å². The summed E-state index contributed by atoms with van der Waals surface area (Å²) in [5.41, 5.74) is 2.41. The van der Waals surface area contributed by atoms with Crippen LogP contribution in [0.4, 0.5) is 17.6 Å². The van der Waals surface area contributed by atoms with E-state index in [2.05, 4.69) is 15.3 Å². The van der Waals surface area contributed by atoms with Gasteiger partial charge >= 0.3 is 6.18 Å². The highest BCUT2D eigenvalue weighted by molar-refractivity contribution is 5.80. The molecular formula is C23H17F4N3O. The van der Waals surface area contributed by atoms with Gasteiger partial charge in [0.15, 0.2) is 0 Å². The third-order valence-electron chi connectivity index (χ3n) is 4.82. The highest BCUT2D eigenvalue weighted by Crippen LogP contribution is 2.30. The van der Waals surface area contributed by atoms with Crippen LogP contribution in [0.1, 0.15) is 28.6 Å². The van der Waals surface area contributed by atoms with Gasteiger partial charge in [0.1, 0.15) is 5.82 Å². The number of halogens is 4. The molecule has 0 bridgehead atoms. The average molecular weight is 427 g/mol. The molecule has 0 fully saturated rings. The topological polar surface area (TPSA) is 57.8 Å². The van der Waals surface area contributed by atoms with Crippen molar-refractivity contribution in [2.75, 3.05) is 0 Å². The normalized spacial score (nSPS) is 12.6. The lowest BCUT2D eigenvalue weighted by atomic mass is 9.97. The third kappa shape index (κ3) is 4.74. The van der Waals surface area contributed by atoms with Crippen molar-refractivity contribution < 1.29 is 22.4 Å². The molecule has 1 amide bonds. The number of benzene rings is 3. The number of aromatic amines is 1. The molecule has 4 aromatic rings. The molecule has 0 aliphatic carbocycles. The number of hydrogen-bond donors (Lipinski definition) is 2. The molecule has 0 unspecified atom stereocenters. The second-order valence-electron chi connectivity index (χ2n) is 7.07. The molecule has 0 spiro atoms. The molecule has 4 rings (SSSR count). The van der Waals surface area contributed by atoms with Crippen molar-refractivity contribution in [1.82, 2.24) is 15.3 Å². The quantitative estimate of drug-likeness (QED) is 0.432. The molecule has 0 radical (unpaired) electrons. The van der Waals surface area contributed by atoms with Gasteiger partial charge in [0.05, 0.1) is 23.5 Å². The van der Waals surface area contributed by atoms with Crippen LogP contribution in [-0.2, 0) is 17.4 Å². The van der Waals surface area contributed by atoms with Crippen LogP contribution in [0.3, 0.4) is 0 Å². The van der Waals surface area contributed by atoms with Crippen molar-refractivity contribution in [3.8, 4) is 0 Å². The zero-order valence-electron chi connectivity index (χ0n) is 16.1. The fourth-order valence-corrected chi connectivity index (χ4v) is 3.35. The highest BCUT2D eigenvalue weighted by atomic mass is 19.4. The van der Waals surface area contributed by atoms with E-state index in [1.54, 1.807) is 12.1 Å². The summed E-state index contributed by atoms with van der Waals surface area (Å²) in [7, 11) is 0. The van der Waals surface area contributed by atoms with Gasteiger partial charge in [-0.2, -0.15) is 13.2 Å². The zero-order valence-corrected chi connectivity index (χ0v) is 16.1. The Hall–Kier alpha value is -3.68. The first-order valence-corrected chi connectivity index (χ1v) is 9.45. The minimum atomic E-state index is -4.58. The first kappa shape index (κ1) is 20.6. The number of rotatable bonds is 5. The number of imidazole rings is 1. The van der Waals surface area contributed by atoms with Gasteiger partial charge in [-0.3, -0.25) is 4.79 Å². The Morgan fingerprint density at radius 1 is 0.968 bits per heavy atom. The molecule has 3 aromatic carbocycles. The van der Waals surface area contributed by atoms with Crippen molar-refractivity contribution in [2.45, 2.75) is 18.6 Å². The SMILES string of the molecule is O=C(Cc1ccc(F)cc1)N[C@H](c1ccccc1)c1ccc2nc(C(F)(F)F)[nH]c2c1.